The van der Waals surface area contributed by atoms with Gasteiger partial charge >= 0.3 is 6.18 Å². The van der Waals surface area contributed by atoms with Gasteiger partial charge in [0.05, 0.1) is 23.7 Å². The maximum absolute atomic E-state index is 13.0. The van der Waals surface area contributed by atoms with Crippen LogP contribution in [0.25, 0.3) is 22.4 Å². The Kier molecular flexibility index (Phi) is 5.37. The number of methoxy groups -OCH3 is 1. The Bertz CT molecular complexity index is 1250. The maximum atomic E-state index is 13.0. The van der Waals surface area contributed by atoms with E-state index in [0.29, 0.717) is 17.1 Å². The summed E-state index contributed by atoms with van der Waals surface area (Å²) in [6.45, 7) is -0.122. The number of carbonyl (C=O) groups excluding carboxylic acids is 1. The zero-order chi connectivity index (χ0) is 22.0. The second kappa shape index (κ2) is 8.14. The van der Waals surface area contributed by atoms with E-state index in [1.54, 1.807) is 17.7 Å². The Balaban J connectivity index is 1.67. The molecule has 5 nitrogen and oxygen atoms in total. The predicted molar refractivity (Wildman–Crippen MR) is 112 cm³/mol. The minimum Gasteiger partial charge on any atom is -0.497 e. The number of carbonyl (C=O) groups is 1. The molecule has 8 heteroatoms. The van der Waals surface area contributed by atoms with Gasteiger partial charge in [-0.05, 0) is 42.5 Å². The molecular formula is C23H18F3N3O2. The monoisotopic (exact) mass is 425 g/mol. The van der Waals surface area contributed by atoms with Crippen LogP contribution in [0.4, 0.5) is 18.9 Å². The molecule has 0 spiro atoms. The molecule has 158 valence electrons. The van der Waals surface area contributed by atoms with Crippen molar-refractivity contribution in [1.82, 2.24) is 9.55 Å². The van der Waals surface area contributed by atoms with Crippen molar-refractivity contribution in [2.24, 2.45) is 0 Å². The molecule has 1 heterocycles. The Morgan fingerprint density at radius 1 is 1.03 bits per heavy atom. The fraction of sp³-hybridized carbons (Fsp3) is 0.130. The number of hydrogen-bond donors (Lipinski definition) is 1. The second-order valence-corrected chi connectivity index (χ2v) is 6.87. The lowest BCUT2D eigenvalue weighted by Crippen LogP contribution is -2.19. The van der Waals surface area contributed by atoms with Gasteiger partial charge in [-0.1, -0.05) is 30.3 Å². The zero-order valence-corrected chi connectivity index (χ0v) is 16.5. The second-order valence-electron chi connectivity index (χ2n) is 6.87. The summed E-state index contributed by atoms with van der Waals surface area (Å²) in [7, 11) is 1.56. The third-order valence-electron chi connectivity index (χ3n) is 4.76. The highest BCUT2D eigenvalue weighted by molar-refractivity contribution is 5.92. The van der Waals surface area contributed by atoms with E-state index in [2.05, 4.69) is 10.3 Å². The van der Waals surface area contributed by atoms with Crippen LogP contribution in [0.2, 0.25) is 0 Å². The molecule has 0 saturated carbocycles. The van der Waals surface area contributed by atoms with Crippen molar-refractivity contribution < 1.29 is 22.7 Å². The summed E-state index contributed by atoms with van der Waals surface area (Å²) >= 11 is 0. The molecule has 4 aromatic rings. The number of fused-ring (bicyclic) bond motifs is 1. The summed E-state index contributed by atoms with van der Waals surface area (Å²) in [4.78, 5) is 17.4. The average Bonchev–Trinajstić information content (AvgIpc) is 3.12. The van der Waals surface area contributed by atoms with E-state index < -0.39 is 17.6 Å². The molecule has 31 heavy (non-hydrogen) atoms. The molecule has 0 radical (unpaired) electrons. The standard InChI is InChI=1S/C23H18F3N3O2/c1-31-18-9-4-6-15(12-18)22-28-19-10-2-3-11-20(19)29(22)14-21(30)27-17-8-5-7-16(13-17)23(24,25)26/h2-13H,14H2,1H3,(H,27,30). The van der Waals surface area contributed by atoms with Gasteiger partial charge in [-0.2, -0.15) is 13.2 Å². The molecule has 0 fully saturated rings. The van der Waals surface area contributed by atoms with Crippen LogP contribution in [0.3, 0.4) is 0 Å². The zero-order valence-electron chi connectivity index (χ0n) is 16.5. The van der Waals surface area contributed by atoms with Gasteiger partial charge < -0.3 is 14.6 Å². The lowest BCUT2D eigenvalue weighted by atomic mass is 10.2. The smallest absolute Gasteiger partial charge is 0.416 e. The first-order chi connectivity index (χ1) is 14.8. The number of hydrogen-bond acceptors (Lipinski definition) is 3. The van der Waals surface area contributed by atoms with Crippen LogP contribution in [0.5, 0.6) is 5.75 Å². The van der Waals surface area contributed by atoms with Crippen molar-refractivity contribution in [3.8, 4) is 17.1 Å². The number of alkyl halides is 3. The molecule has 0 saturated heterocycles. The number of para-hydroxylation sites is 2. The number of halogens is 3. The molecular weight excluding hydrogens is 407 g/mol. The summed E-state index contributed by atoms with van der Waals surface area (Å²) in [5.74, 6) is 0.732. The van der Waals surface area contributed by atoms with Gasteiger partial charge in [-0.3, -0.25) is 4.79 Å². The van der Waals surface area contributed by atoms with Crippen LogP contribution in [-0.4, -0.2) is 22.6 Å². The predicted octanol–water partition coefficient (Wildman–Crippen LogP) is 5.37. The highest BCUT2D eigenvalue weighted by Crippen LogP contribution is 2.31. The Morgan fingerprint density at radius 2 is 1.81 bits per heavy atom. The van der Waals surface area contributed by atoms with E-state index in [0.717, 1.165) is 23.2 Å². The first-order valence-electron chi connectivity index (χ1n) is 9.42. The van der Waals surface area contributed by atoms with Crippen molar-refractivity contribution >= 4 is 22.6 Å². The number of imidazole rings is 1. The van der Waals surface area contributed by atoms with Crippen molar-refractivity contribution in [1.29, 1.82) is 0 Å². The summed E-state index contributed by atoms with van der Waals surface area (Å²) in [6.07, 6.45) is -4.49. The van der Waals surface area contributed by atoms with E-state index >= 15 is 0 Å². The third-order valence-corrected chi connectivity index (χ3v) is 4.76. The summed E-state index contributed by atoms with van der Waals surface area (Å²) in [5, 5.41) is 2.55. The van der Waals surface area contributed by atoms with Crippen molar-refractivity contribution in [2.45, 2.75) is 12.7 Å². The Morgan fingerprint density at radius 3 is 2.58 bits per heavy atom. The highest BCUT2D eigenvalue weighted by Gasteiger charge is 2.30. The first kappa shape index (κ1) is 20.5. The van der Waals surface area contributed by atoms with Crippen molar-refractivity contribution in [3.63, 3.8) is 0 Å². The molecule has 3 aromatic carbocycles. The molecule has 0 atom stereocenters. The van der Waals surface area contributed by atoms with Gasteiger partial charge in [-0.25, -0.2) is 4.98 Å². The molecule has 1 N–H and O–H groups in total. The molecule has 1 aromatic heterocycles. The minimum absolute atomic E-state index is 0.0761. The molecule has 0 bridgehead atoms. The molecule has 0 aliphatic rings. The minimum atomic E-state index is -4.49. The molecule has 4 rings (SSSR count). The Hall–Kier alpha value is -3.81. The van der Waals surface area contributed by atoms with Crippen LogP contribution in [0.1, 0.15) is 5.56 Å². The molecule has 0 aliphatic carbocycles. The third kappa shape index (κ3) is 4.37. The number of amides is 1. The lowest BCUT2D eigenvalue weighted by Gasteiger charge is -2.12. The largest absolute Gasteiger partial charge is 0.497 e. The van der Waals surface area contributed by atoms with E-state index in [1.807, 2.05) is 42.5 Å². The molecule has 0 aliphatic heterocycles. The van der Waals surface area contributed by atoms with Gasteiger partial charge in [0.1, 0.15) is 18.1 Å². The maximum Gasteiger partial charge on any atom is 0.416 e. The van der Waals surface area contributed by atoms with Gasteiger partial charge in [0.2, 0.25) is 5.91 Å². The van der Waals surface area contributed by atoms with Crippen molar-refractivity contribution in [2.75, 3.05) is 12.4 Å². The van der Waals surface area contributed by atoms with Gasteiger partial charge in [0.25, 0.3) is 0 Å². The van der Waals surface area contributed by atoms with E-state index in [1.165, 1.54) is 12.1 Å². The van der Waals surface area contributed by atoms with E-state index in [4.69, 9.17) is 4.74 Å². The highest BCUT2D eigenvalue weighted by atomic mass is 19.4. The number of anilines is 1. The van der Waals surface area contributed by atoms with Crippen molar-refractivity contribution in [3.05, 3.63) is 78.4 Å². The number of nitrogens with one attached hydrogen (secondary N) is 1. The van der Waals surface area contributed by atoms with Crippen LogP contribution in [-0.2, 0) is 17.5 Å². The van der Waals surface area contributed by atoms with Crippen LogP contribution in [0, 0.1) is 0 Å². The van der Waals surface area contributed by atoms with E-state index in [-0.39, 0.29) is 12.2 Å². The fourth-order valence-electron chi connectivity index (χ4n) is 3.34. The summed E-state index contributed by atoms with van der Waals surface area (Å²) in [6, 6.07) is 19.2. The number of ether oxygens (including phenoxy) is 1. The molecule has 0 unspecified atom stereocenters. The summed E-state index contributed by atoms with van der Waals surface area (Å²) in [5.41, 5.74) is 1.44. The van der Waals surface area contributed by atoms with Gasteiger partial charge in [0, 0.05) is 11.3 Å². The van der Waals surface area contributed by atoms with Crippen LogP contribution < -0.4 is 10.1 Å². The number of aromatic nitrogens is 2. The number of rotatable bonds is 5. The average molecular weight is 425 g/mol. The topological polar surface area (TPSA) is 56.2 Å². The van der Waals surface area contributed by atoms with E-state index in [9.17, 15) is 18.0 Å². The van der Waals surface area contributed by atoms with Crippen LogP contribution >= 0.6 is 0 Å². The number of nitrogens with zero attached hydrogens (tertiary/aromatic N) is 2. The quantitative estimate of drug-likeness (QED) is 0.468. The number of benzene rings is 3. The first-order valence-corrected chi connectivity index (χ1v) is 9.42. The van der Waals surface area contributed by atoms with Crippen LogP contribution in [0.15, 0.2) is 72.8 Å². The fourth-order valence-corrected chi connectivity index (χ4v) is 3.34. The Labute approximate surface area is 176 Å². The van der Waals surface area contributed by atoms with Gasteiger partial charge in [0.15, 0.2) is 0 Å². The molecule has 1 amide bonds. The normalized spacial score (nSPS) is 11.5. The lowest BCUT2D eigenvalue weighted by molar-refractivity contribution is -0.137. The summed E-state index contributed by atoms with van der Waals surface area (Å²) < 4.78 is 45.9. The SMILES string of the molecule is COc1cccc(-c2nc3ccccc3n2CC(=O)Nc2cccc(C(F)(F)F)c2)c1. The van der Waals surface area contributed by atoms with Gasteiger partial charge in [-0.15, -0.1) is 0 Å².